The molecule has 0 N–H and O–H groups in total. The Hall–Kier alpha value is -3.77. The topological polar surface area (TPSA) is 106 Å². The van der Waals surface area contributed by atoms with Crippen LogP contribution in [0, 0.1) is 13.8 Å². The molecule has 0 fully saturated rings. The maximum atomic E-state index is 4.54. The molecule has 0 saturated heterocycles. The third-order valence-corrected chi connectivity index (χ3v) is 6.19. The predicted molar refractivity (Wildman–Crippen MR) is 140 cm³/mol. The zero-order valence-corrected chi connectivity index (χ0v) is 23.4. The molecule has 2 aromatic carbocycles. The van der Waals surface area contributed by atoms with E-state index in [1.807, 2.05) is 74.8 Å². The van der Waals surface area contributed by atoms with E-state index in [-0.39, 0.29) is 21.1 Å². The van der Waals surface area contributed by atoms with Gasteiger partial charge in [-0.05, 0) is 49.9 Å². The molecule has 6 rings (SSSR count). The van der Waals surface area contributed by atoms with Gasteiger partial charge < -0.3 is 20.4 Å². The van der Waals surface area contributed by atoms with Gasteiger partial charge in [-0.1, -0.05) is 61.6 Å². The second kappa shape index (κ2) is 11.5. The average Bonchev–Trinajstić information content (AvgIpc) is 3.49. The molecular weight excluding hydrogens is 643 g/mol. The van der Waals surface area contributed by atoms with Crippen LogP contribution < -0.4 is 10.2 Å². The van der Waals surface area contributed by atoms with Crippen LogP contribution in [0.15, 0.2) is 60.9 Å². The summed E-state index contributed by atoms with van der Waals surface area (Å²) in [6.45, 7) is 8.18. The van der Waals surface area contributed by atoms with Gasteiger partial charge in [0.2, 0.25) is 0 Å². The molecule has 0 atom stereocenters. The quantitative estimate of drug-likeness (QED) is 0.257. The Morgan fingerprint density at radius 1 is 0.622 bits per heavy atom. The van der Waals surface area contributed by atoms with E-state index in [1.165, 1.54) is 0 Å². The molecule has 188 valence electrons. The van der Waals surface area contributed by atoms with Crippen molar-refractivity contribution in [3.8, 4) is 23.0 Å². The summed E-state index contributed by atoms with van der Waals surface area (Å²) in [4.78, 5) is 17.8. The van der Waals surface area contributed by atoms with Crippen molar-refractivity contribution in [1.29, 1.82) is 0 Å². The Morgan fingerprint density at radius 2 is 1.03 bits per heavy atom. The molecule has 0 spiro atoms. The van der Waals surface area contributed by atoms with E-state index < -0.39 is 0 Å². The summed E-state index contributed by atoms with van der Waals surface area (Å²) in [5, 5.41) is 18.8. The first-order valence-electron chi connectivity index (χ1n) is 12.0. The van der Waals surface area contributed by atoms with E-state index in [0.717, 1.165) is 68.6 Å². The normalized spacial score (nSPS) is 10.7. The monoisotopic (exact) mass is 669 g/mol. The van der Waals surface area contributed by atoms with Crippen molar-refractivity contribution in [1.82, 2.24) is 40.3 Å². The number of hydrogen-bond acceptors (Lipinski definition) is 6. The van der Waals surface area contributed by atoms with Crippen LogP contribution in [0.2, 0.25) is 0 Å². The van der Waals surface area contributed by atoms with Crippen molar-refractivity contribution < 1.29 is 21.1 Å². The SMILES string of the molecule is CCc1n[n-]c(-c2ncc3ccccc3n2)c1C.CCc1n[n-]c(-c2ncc3ccccc3n2)c1C.[Pt+2]. The molecule has 0 bridgehead atoms. The number of hydrogen-bond donors (Lipinski definition) is 0. The number of benzene rings is 2. The molecule has 37 heavy (non-hydrogen) atoms. The van der Waals surface area contributed by atoms with Crippen LogP contribution in [0.4, 0.5) is 0 Å². The molecular formula is C28H26N8Pt. The molecule has 0 amide bonds. The van der Waals surface area contributed by atoms with E-state index in [2.05, 4.69) is 54.2 Å². The summed E-state index contributed by atoms with van der Waals surface area (Å²) in [6, 6.07) is 15.9. The summed E-state index contributed by atoms with van der Waals surface area (Å²) in [6.07, 6.45) is 5.42. The first-order chi connectivity index (χ1) is 17.6. The van der Waals surface area contributed by atoms with E-state index >= 15 is 0 Å². The smallest absolute Gasteiger partial charge is 0.572 e. The van der Waals surface area contributed by atoms with Gasteiger partial charge >= 0.3 is 21.1 Å². The van der Waals surface area contributed by atoms with Gasteiger partial charge in [-0.25, -0.2) is 19.9 Å². The molecule has 6 aromatic rings. The van der Waals surface area contributed by atoms with Crippen molar-refractivity contribution in [3.63, 3.8) is 0 Å². The fraction of sp³-hybridized carbons (Fsp3) is 0.214. The average molecular weight is 670 g/mol. The molecule has 4 heterocycles. The van der Waals surface area contributed by atoms with Gasteiger partial charge in [0.25, 0.3) is 0 Å². The number of rotatable bonds is 4. The second-order valence-corrected chi connectivity index (χ2v) is 8.45. The molecule has 0 aliphatic heterocycles. The first kappa shape index (κ1) is 26.3. The van der Waals surface area contributed by atoms with Crippen molar-refractivity contribution in [3.05, 3.63) is 83.4 Å². The van der Waals surface area contributed by atoms with Crippen LogP contribution in [0.3, 0.4) is 0 Å². The molecule has 0 aliphatic rings. The third-order valence-electron chi connectivity index (χ3n) is 6.19. The molecule has 0 aliphatic carbocycles. The number of para-hydroxylation sites is 2. The van der Waals surface area contributed by atoms with Gasteiger partial charge in [-0.15, -0.1) is 0 Å². The number of fused-ring (bicyclic) bond motifs is 2. The predicted octanol–water partition coefficient (Wildman–Crippen LogP) is 5.04. The Morgan fingerprint density at radius 3 is 1.41 bits per heavy atom. The molecule has 8 nitrogen and oxygen atoms in total. The fourth-order valence-electron chi connectivity index (χ4n) is 4.06. The number of nitrogens with zero attached hydrogens (tertiary/aromatic N) is 8. The Kier molecular flexibility index (Phi) is 8.19. The summed E-state index contributed by atoms with van der Waals surface area (Å²) in [7, 11) is 0. The largest absolute Gasteiger partial charge is 2.00 e. The van der Waals surface area contributed by atoms with Crippen LogP contribution in [-0.2, 0) is 33.9 Å². The van der Waals surface area contributed by atoms with Gasteiger partial charge in [0.15, 0.2) is 0 Å². The van der Waals surface area contributed by atoms with Gasteiger partial charge in [0.1, 0.15) is 11.6 Å². The minimum atomic E-state index is 0. The number of aromatic nitrogens is 8. The Bertz CT molecular complexity index is 1530. The van der Waals surface area contributed by atoms with E-state index in [9.17, 15) is 0 Å². The minimum absolute atomic E-state index is 0. The molecule has 0 radical (unpaired) electrons. The summed E-state index contributed by atoms with van der Waals surface area (Å²) in [5.41, 5.74) is 7.63. The summed E-state index contributed by atoms with van der Waals surface area (Å²) >= 11 is 0. The second-order valence-electron chi connectivity index (χ2n) is 8.45. The minimum Gasteiger partial charge on any atom is -0.572 e. The Labute approximate surface area is 229 Å². The van der Waals surface area contributed by atoms with Crippen LogP contribution in [-0.4, -0.2) is 30.1 Å². The van der Waals surface area contributed by atoms with E-state index in [1.54, 1.807) is 0 Å². The van der Waals surface area contributed by atoms with Crippen molar-refractivity contribution in [2.45, 2.75) is 40.5 Å². The maximum absolute atomic E-state index is 4.54. The maximum Gasteiger partial charge on any atom is 2.00 e. The van der Waals surface area contributed by atoms with Gasteiger partial charge in [0, 0.05) is 34.6 Å². The van der Waals surface area contributed by atoms with Crippen LogP contribution >= 0.6 is 0 Å². The molecule has 4 aromatic heterocycles. The van der Waals surface area contributed by atoms with E-state index in [4.69, 9.17) is 0 Å². The van der Waals surface area contributed by atoms with Crippen molar-refractivity contribution >= 4 is 21.8 Å². The van der Waals surface area contributed by atoms with Gasteiger partial charge in [-0.3, -0.25) is 0 Å². The summed E-state index contributed by atoms with van der Waals surface area (Å²) < 4.78 is 0. The first-order valence-corrected chi connectivity index (χ1v) is 12.0. The Balaban J connectivity index is 0.000000168. The van der Waals surface area contributed by atoms with E-state index in [0.29, 0.717) is 11.6 Å². The third kappa shape index (κ3) is 5.34. The zero-order valence-electron chi connectivity index (χ0n) is 21.1. The van der Waals surface area contributed by atoms with Crippen LogP contribution in [0.5, 0.6) is 0 Å². The zero-order chi connectivity index (χ0) is 25.1. The molecule has 0 unspecified atom stereocenters. The van der Waals surface area contributed by atoms with Crippen molar-refractivity contribution in [2.75, 3.05) is 0 Å². The standard InChI is InChI=1S/2C14H13N4.Pt/c2*1-3-11-9(2)13(18-17-11)14-15-8-10-6-4-5-7-12(10)16-14;/h2*4-8H,3H2,1-2H3;/q2*-1;+2. The molecule has 0 saturated carbocycles. The van der Waals surface area contributed by atoms with Crippen LogP contribution in [0.25, 0.3) is 44.8 Å². The fourth-order valence-corrected chi connectivity index (χ4v) is 4.06. The number of aryl methyl sites for hydroxylation is 2. The molecule has 9 heteroatoms. The van der Waals surface area contributed by atoms with Gasteiger partial charge in [0.05, 0.1) is 11.0 Å². The van der Waals surface area contributed by atoms with Gasteiger partial charge in [-0.2, -0.15) is 0 Å². The van der Waals surface area contributed by atoms with Crippen LogP contribution in [0.1, 0.15) is 36.4 Å². The summed E-state index contributed by atoms with van der Waals surface area (Å²) in [5.74, 6) is 1.30. The van der Waals surface area contributed by atoms with Crippen molar-refractivity contribution in [2.24, 2.45) is 0 Å².